The lowest BCUT2D eigenvalue weighted by Gasteiger charge is -2.25. The summed E-state index contributed by atoms with van der Waals surface area (Å²) in [5, 5.41) is 0.578. The molecule has 1 aromatic carbocycles. The molecule has 2 saturated heterocycles. The third-order valence-corrected chi connectivity index (χ3v) is 8.00. The molecule has 2 aliphatic rings. The summed E-state index contributed by atoms with van der Waals surface area (Å²) in [5.74, 6) is 0.00884. The summed E-state index contributed by atoms with van der Waals surface area (Å²) in [6, 6.07) is 5.99. The second-order valence-corrected chi connectivity index (χ2v) is 10.4. The van der Waals surface area contributed by atoms with E-state index in [0.29, 0.717) is 5.17 Å². The Hall–Kier alpha value is -1.34. The summed E-state index contributed by atoms with van der Waals surface area (Å²) < 4.78 is 24.2. The first-order valence-electron chi connectivity index (χ1n) is 8.57. The highest BCUT2D eigenvalue weighted by Gasteiger charge is 2.49. The Morgan fingerprint density at radius 2 is 1.92 bits per heavy atom. The van der Waals surface area contributed by atoms with Gasteiger partial charge >= 0.3 is 0 Å². The molecule has 25 heavy (non-hydrogen) atoms. The fourth-order valence-corrected chi connectivity index (χ4v) is 7.25. The van der Waals surface area contributed by atoms with Gasteiger partial charge in [0.1, 0.15) is 0 Å². The molecule has 2 heterocycles. The van der Waals surface area contributed by atoms with Crippen molar-refractivity contribution in [3.8, 4) is 0 Å². The van der Waals surface area contributed by atoms with Crippen LogP contribution in [-0.4, -0.2) is 42.3 Å². The molecule has 3 atom stereocenters. The maximum Gasteiger partial charge on any atom is 0.250 e. The average molecular weight is 381 g/mol. The van der Waals surface area contributed by atoms with Crippen LogP contribution in [0.4, 0.5) is 5.69 Å². The smallest absolute Gasteiger partial charge is 0.250 e. The van der Waals surface area contributed by atoms with Crippen LogP contribution in [0.5, 0.6) is 0 Å². The number of amides is 1. The van der Waals surface area contributed by atoms with Crippen molar-refractivity contribution >= 4 is 38.4 Å². The number of aryl methyl sites for hydroxylation is 2. The van der Waals surface area contributed by atoms with Gasteiger partial charge in [0.15, 0.2) is 15.0 Å². The zero-order valence-electron chi connectivity index (χ0n) is 15.0. The van der Waals surface area contributed by atoms with Gasteiger partial charge in [-0.25, -0.2) is 8.42 Å². The monoisotopic (exact) mass is 380 g/mol. The van der Waals surface area contributed by atoms with Crippen molar-refractivity contribution in [1.82, 2.24) is 0 Å². The molecule has 3 rings (SSSR count). The Morgan fingerprint density at radius 1 is 1.28 bits per heavy atom. The molecule has 0 bridgehead atoms. The van der Waals surface area contributed by atoms with Gasteiger partial charge < -0.3 is 4.90 Å². The minimum absolute atomic E-state index is 0.0608. The van der Waals surface area contributed by atoms with Gasteiger partial charge in [0.2, 0.25) is 0 Å². The van der Waals surface area contributed by atoms with Crippen LogP contribution in [0.2, 0.25) is 0 Å². The summed E-state index contributed by atoms with van der Waals surface area (Å²) in [6.45, 7) is 7.87. The number of anilines is 1. The molecule has 136 valence electrons. The zero-order chi connectivity index (χ0) is 18.4. The number of hydrogen-bond acceptors (Lipinski definition) is 4. The topological polar surface area (TPSA) is 66.8 Å². The number of sulfone groups is 1. The SMILES string of the molecule is CC[C@H](C)C(=O)N=C1S[C@H]2CS(=O)(=O)C[C@@H]2N1c1cc(C)cc(C)c1. The second-order valence-electron chi connectivity index (χ2n) is 7.06. The largest absolute Gasteiger partial charge is 0.316 e. The number of fused-ring (bicyclic) bond motifs is 1. The quantitative estimate of drug-likeness (QED) is 0.806. The first kappa shape index (κ1) is 18.5. The molecule has 0 unspecified atom stereocenters. The Morgan fingerprint density at radius 3 is 2.52 bits per heavy atom. The lowest BCUT2D eigenvalue weighted by atomic mass is 10.1. The molecule has 7 heteroatoms. The van der Waals surface area contributed by atoms with Crippen molar-refractivity contribution in [2.45, 2.75) is 45.4 Å². The van der Waals surface area contributed by atoms with Crippen molar-refractivity contribution in [3.63, 3.8) is 0 Å². The highest BCUT2D eigenvalue weighted by atomic mass is 32.2. The molecule has 0 saturated carbocycles. The molecular weight excluding hydrogens is 356 g/mol. The number of amidine groups is 1. The molecule has 0 aromatic heterocycles. The molecule has 2 aliphatic heterocycles. The van der Waals surface area contributed by atoms with Gasteiger partial charge in [-0.15, -0.1) is 0 Å². The fourth-order valence-electron chi connectivity index (χ4n) is 3.34. The van der Waals surface area contributed by atoms with Crippen LogP contribution in [0.3, 0.4) is 0 Å². The highest BCUT2D eigenvalue weighted by molar-refractivity contribution is 8.16. The Bertz CT molecular complexity index is 812. The van der Waals surface area contributed by atoms with E-state index >= 15 is 0 Å². The fraction of sp³-hybridized carbons (Fsp3) is 0.556. The first-order valence-corrected chi connectivity index (χ1v) is 11.3. The lowest BCUT2D eigenvalue weighted by molar-refractivity contribution is -0.121. The highest BCUT2D eigenvalue weighted by Crippen LogP contribution is 2.41. The molecule has 0 spiro atoms. The number of carbonyl (C=O) groups excluding carboxylic acids is 1. The van der Waals surface area contributed by atoms with Crippen LogP contribution in [0, 0.1) is 19.8 Å². The maximum absolute atomic E-state index is 12.3. The summed E-state index contributed by atoms with van der Waals surface area (Å²) >= 11 is 1.43. The predicted octanol–water partition coefficient (Wildman–Crippen LogP) is 2.95. The molecule has 1 amide bonds. The Labute approximate surface area is 153 Å². The minimum atomic E-state index is -3.04. The molecule has 0 N–H and O–H groups in total. The molecule has 1 aromatic rings. The number of rotatable bonds is 3. The zero-order valence-corrected chi connectivity index (χ0v) is 16.7. The van der Waals surface area contributed by atoms with Crippen molar-refractivity contribution in [2.75, 3.05) is 16.4 Å². The van der Waals surface area contributed by atoms with Crippen LogP contribution in [-0.2, 0) is 14.6 Å². The van der Waals surface area contributed by atoms with Crippen LogP contribution in [0.1, 0.15) is 31.4 Å². The number of nitrogens with zero attached hydrogens (tertiary/aromatic N) is 2. The van der Waals surface area contributed by atoms with E-state index < -0.39 is 9.84 Å². The summed E-state index contributed by atoms with van der Waals surface area (Å²) in [5.41, 5.74) is 3.14. The van der Waals surface area contributed by atoms with Crippen molar-refractivity contribution in [3.05, 3.63) is 29.3 Å². The first-order chi connectivity index (χ1) is 11.7. The van der Waals surface area contributed by atoms with Gasteiger partial charge in [-0.3, -0.25) is 4.79 Å². The minimum Gasteiger partial charge on any atom is -0.316 e. The maximum atomic E-state index is 12.3. The van der Waals surface area contributed by atoms with Crippen molar-refractivity contribution in [1.29, 1.82) is 0 Å². The molecule has 0 radical (unpaired) electrons. The van der Waals surface area contributed by atoms with E-state index in [9.17, 15) is 13.2 Å². The third-order valence-electron chi connectivity index (χ3n) is 4.79. The van der Waals surface area contributed by atoms with Crippen molar-refractivity contribution in [2.24, 2.45) is 10.9 Å². The number of thioether (sulfide) groups is 1. The lowest BCUT2D eigenvalue weighted by Crippen LogP contribution is -2.38. The summed E-state index contributed by atoms with van der Waals surface area (Å²) in [6.07, 6.45) is 0.741. The van der Waals surface area contributed by atoms with E-state index in [1.807, 2.05) is 44.7 Å². The predicted molar refractivity (Wildman–Crippen MR) is 104 cm³/mol. The van der Waals surface area contributed by atoms with E-state index in [2.05, 4.69) is 11.1 Å². The van der Waals surface area contributed by atoms with Crippen LogP contribution in [0.25, 0.3) is 0 Å². The van der Waals surface area contributed by atoms with Gasteiger partial charge in [-0.1, -0.05) is 31.7 Å². The molecule has 0 aliphatic carbocycles. The van der Waals surface area contributed by atoms with Crippen LogP contribution >= 0.6 is 11.8 Å². The van der Waals surface area contributed by atoms with Gasteiger partial charge in [-0.05, 0) is 43.5 Å². The van der Waals surface area contributed by atoms with Crippen LogP contribution in [0.15, 0.2) is 23.2 Å². The number of hydrogen-bond donors (Lipinski definition) is 0. The van der Waals surface area contributed by atoms with E-state index in [1.165, 1.54) is 11.8 Å². The van der Waals surface area contributed by atoms with Gasteiger partial charge in [-0.2, -0.15) is 4.99 Å². The molecule has 2 fully saturated rings. The standard InChI is InChI=1S/C18H24N2O3S2/c1-5-13(4)17(21)19-18-20(14-7-11(2)6-12(3)8-14)15-9-25(22,23)10-16(15)24-18/h6-8,13,15-16H,5,9-10H2,1-4H3/t13-,15-,16-/m0/s1. The second kappa shape index (κ2) is 6.76. The van der Waals surface area contributed by atoms with Crippen LogP contribution < -0.4 is 4.90 Å². The van der Waals surface area contributed by atoms with Gasteiger partial charge in [0, 0.05) is 16.9 Å². The van der Waals surface area contributed by atoms with E-state index in [4.69, 9.17) is 0 Å². The average Bonchev–Trinajstić information content (AvgIpc) is 2.95. The number of carbonyl (C=O) groups is 1. The molecular formula is C18H24N2O3S2. The van der Waals surface area contributed by atoms with Gasteiger partial charge in [0.25, 0.3) is 5.91 Å². The Balaban J connectivity index is 2.03. The van der Waals surface area contributed by atoms with E-state index in [1.54, 1.807) is 0 Å². The molecule has 5 nitrogen and oxygen atoms in total. The Kier molecular flexibility index (Phi) is 4.99. The summed E-state index contributed by atoms with van der Waals surface area (Å²) in [7, 11) is -3.04. The summed E-state index contributed by atoms with van der Waals surface area (Å²) in [4.78, 5) is 18.7. The third kappa shape index (κ3) is 3.77. The van der Waals surface area contributed by atoms with Gasteiger partial charge in [0.05, 0.1) is 17.5 Å². The van der Waals surface area contributed by atoms with Crippen molar-refractivity contribution < 1.29 is 13.2 Å². The van der Waals surface area contributed by atoms with E-state index in [-0.39, 0.29) is 34.6 Å². The van der Waals surface area contributed by atoms with E-state index in [0.717, 1.165) is 23.2 Å². The normalized spacial score (nSPS) is 27.5. The number of benzene rings is 1. The number of aliphatic imine (C=N–C) groups is 1.